The quantitative estimate of drug-likeness (QED) is 0.626. The summed E-state index contributed by atoms with van der Waals surface area (Å²) in [5, 5.41) is 1.14. The van der Waals surface area contributed by atoms with Crippen molar-refractivity contribution in [2.75, 3.05) is 40.4 Å². The van der Waals surface area contributed by atoms with Crippen molar-refractivity contribution in [2.45, 2.75) is 27.7 Å². The van der Waals surface area contributed by atoms with Crippen molar-refractivity contribution < 1.29 is 28.5 Å². The van der Waals surface area contributed by atoms with Crippen LogP contribution in [-0.4, -0.2) is 62.4 Å². The largest absolute Gasteiger partial charge is 0.490 e. The van der Waals surface area contributed by atoms with E-state index >= 15 is 0 Å². The third-order valence-electron chi connectivity index (χ3n) is 4.87. The van der Waals surface area contributed by atoms with Crippen LogP contribution in [0.3, 0.4) is 0 Å². The molecule has 0 aromatic heterocycles. The number of fused-ring (bicyclic) bond motifs is 1. The number of carbonyl (C=O) groups excluding carboxylic acids is 2. The molecule has 0 saturated carbocycles. The zero-order chi connectivity index (χ0) is 22.3. The monoisotopic (exact) mass is 418 g/mol. The van der Waals surface area contributed by atoms with Crippen LogP contribution in [0.4, 0.5) is 9.59 Å². The molecular formula is C22H30N2O6. The van der Waals surface area contributed by atoms with Crippen LogP contribution in [0.25, 0.3) is 10.8 Å². The van der Waals surface area contributed by atoms with E-state index in [0.29, 0.717) is 37.0 Å². The number of nitrogens with zero attached hydrogens (tertiary/aromatic N) is 2. The molecule has 2 rings (SSSR count). The molecular weight excluding hydrogens is 388 g/mol. The second-order valence-corrected chi connectivity index (χ2v) is 6.35. The van der Waals surface area contributed by atoms with Gasteiger partial charge in [-0.1, -0.05) is 24.3 Å². The third kappa shape index (κ3) is 4.53. The van der Waals surface area contributed by atoms with Crippen LogP contribution in [0.5, 0.6) is 23.0 Å². The Hall–Kier alpha value is -3.16. The molecule has 0 fully saturated rings. The normalized spacial score (nSPS) is 10.5. The molecule has 0 aliphatic carbocycles. The first kappa shape index (κ1) is 23.1. The number of amides is 2. The third-order valence-corrected chi connectivity index (χ3v) is 4.87. The number of hydrogen-bond donors (Lipinski definition) is 0. The lowest BCUT2D eigenvalue weighted by Gasteiger charge is -2.23. The Balaban J connectivity index is 2.68. The predicted molar refractivity (Wildman–Crippen MR) is 115 cm³/mol. The Morgan fingerprint density at radius 1 is 0.667 bits per heavy atom. The van der Waals surface area contributed by atoms with Crippen molar-refractivity contribution >= 4 is 23.0 Å². The van der Waals surface area contributed by atoms with E-state index in [1.165, 1.54) is 14.2 Å². The molecule has 0 aliphatic rings. The van der Waals surface area contributed by atoms with Gasteiger partial charge in [0.1, 0.15) is 0 Å². The van der Waals surface area contributed by atoms with Gasteiger partial charge in [-0.15, -0.1) is 0 Å². The molecule has 0 aliphatic heterocycles. The van der Waals surface area contributed by atoms with Crippen molar-refractivity contribution in [1.82, 2.24) is 9.80 Å². The van der Waals surface area contributed by atoms with Gasteiger partial charge in [0.25, 0.3) is 0 Å². The molecule has 0 saturated heterocycles. The van der Waals surface area contributed by atoms with Gasteiger partial charge in [-0.2, -0.15) is 0 Å². The SMILES string of the molecule is CCN(CC)C(=O)Oc1c(OC)c(OC)c(OC(=O)N(CC)CC)c2ccccc12. The fraction of sp³-hybridized carbons (Fsp3) is 0.455. The Labute approximate surface area is 177 Å². The van der Waals surface area contributed by atoms with E-state index in [9.17, 15) is 9.59 Å². The van der Waals surface area contributed by atoms with Crippen molar-refractivity contribution in [1.29, 1.82) is 0 Å². The number of carbonyl (C=O) groups is 2. The van der Waals surface area contributed by atoms with Gasteiger partial charge in [0, 0.05) is 37.0 Å². The van der Waals surface area contributed by atoms with E-state index < -0.39 is 12.2 Å². The van der Waals surface area contributed by atoms with Crippen molar-refractivity contribution in [3.05, 3.63) is 24.3 Å². The molecule has 8 nitrogen and oxygen atoms in total. The molecule has 0 atom stereocenters. The summed E-state index contributed by atoms with van der Waals surface area (Å²) >= 11 is 0. The summed E-state index contributed by atoms with van der Waals surface area (Å²) in [4.78, 5) is 28.4. The highest BCUT2D eigenvalue weighted by molar-refractivity contribution is 6.01. The fourth-order valence-electron chi connectivity index (χ4n) is 3.17. The highest BCUT2D eigenvalue weighted by atomic mass is 16.6. The molecule has 0 N–H and O–H groups in total. The first-order valence-electron chi connectivity index (χ1n) is 10.1. The number of benzene rings is 2. The minimum atomic E-state index is -0.501. The molecule has 30 heavy (non-hydrogen) atoms. The van der Waals surface area contributed by atoms with Crippen molar-refractivity contribution in [3.8, 4) is 23.0 Å². The van der Waals surface area contributed by atoms with E-state index in [2.05, 4.69) is 0 Å². The van der Waals surface area contributed by atoms with Crippen LogP contribution in [0, 0.1) is 0 Å². The Bertz CT molecular complexity index is 818. The van der Waals surface area contributed by atoms with Crippen LogP contribution in [0.15, 0.2) is 24.3 Å². The molecule has 0 bridgehead atoms. The van der Waals surface area contributed by atoms with Crippen LogP contribution >= 0.6 is 0 Å². The summed E-state index contributed by atoms with van der Waals surface area (Å²) in [6.07, 6.45) is -1.00. The summed E-state index contributed by atoms with van der Waals surface area (Å²) in [5.41, 5.74) is 0. The maximum absolute atomic E-state index is 12.6. The van der Waals surface area contributed by atoms with E-state index in [0.717, 1.165) is 0 Å². The smallest absolute Gasteiger partial charge is 0.415 e. The van der Waals surface area contributed by atoms with Gasteiger partial charge in [0.2, 0.25) is 11.5 Å². The van der Waals surface area contributed by atoms with Gasteiger partial charge in [0.05, 0.1) is 14.2 Å². The van der Waals surface area contributed by atoms with Crippen LogP contribution in [-0.2, 0) is 0 Å². The van der Waals surface area contributed by atoms with Gasteiger partial charge in [-0.05, 0) is 27.7 Å². The van der Waals surface area contributed by atoms with Gasteiger partial charge in [-0.25, -0.2) is 9.59 Å². The number of hydrogen-bond acceptors (Lipinski definition) is 6. The average Bonchev–Trinajstić information content (AvgIpc) is 2.76. The summed E-state index contributed by atoms with van der Waals surface area (Å²) in [7, 11) is 2.88. The Morgan fingerprint density at radius 3 is 1.27 bits per heavy atom. The molecule has 164 valence electrons. The zero-order valence-corrected chi connectivity index (χ0v) is 18.5. The van der Waals surface area contributed by atoms with Crippen molar-refractivity contribution in [2.24, 2.45) is 0 Å². The topological polar surface area (TPSA) is 77.5 Å². The summed E-state index contributed by atoms with van der Waals surface area (Å²) in [6.45, 7) is 9.51. The Kier molecular flexibility index (Phi) is 8.15. The minimum Gasteiger partial charge on any atom is -0.490 e. The average molecular weight is 418 g/mol. The second-order valence-electron chi connectivity index (χ2n) is 6.35. The summed E-state index contributed by atoms with van der Waals surface area (Å²) in [5.74, 6) is 0.784. The highest BCUT2D eigenvalue weighted by Crippen LogP contribution is 2.51. The van der Waals surface area contributed by atoms with E-state index in [-0.39, 0.29) is 23.0 Å². The first-order chi connectivity index (χ1) is 14.5. The van der Waals surface area contributed by atoms with E-state index in [1.54, 1.807) is 34.1 Å². The molecule has 2 amide bonds. The first-order valence-corrected chi connectivity index (χ1v) is 10.1. The molecule has 0 spiro atoms. The lowest BCUT2D eigenvalue weighted by atomic mass is 10.1. The number of ether oxygens (including phenoxy) is 4. The molecule has 2 aromatic carbocycles. The molecule has 0 unspecified atom stereocenters. The van der Waals surface area contributed by atoms with Gasteiger partial charge in [-0.3, -0.25) is 0 Å². The predicted octanol–water partition coefficient (Wildman–Crippen LogP) is 4.54. The molecule has 0 heterocycles. The van der Waals surface area contributed by atoms with Crippen molar-refractivity contribution in [3.63, 3.8) is 0 Å². The van der Waals surface area contributed by atoms with Crippen LogP contribution in [0.2, 0.25) is 0 Å². The van der Waals surface area contributed by atoms with Gasteiger partial charge < -0.3 is 28.7 Å². The fourth-order valence-corrected chi connectivity index (χ4v) is 3.17. The zero-order valence-electron chi connectivity index (χ0n) is 18.5. The maximum atomic E-state index is 12.6. The lowest BCUT2D eigenvalue weighted by Crippen LogP contribution is -2.33. The minimum absolute atomic E-state index is 0.180. The highest BCUT2D eigenvalue weighted by Gasteiger charge is 2.28. The molecule has 2 aromatic rings. The van der Waals surface area contributed by atoms with Gasteiger partial charge >= 0.3 is 12.2 Å². The maximum Gasteiger partial charge on any atom is 0.415 e. The number of rotatable bonds is 8. The summed E-state index contributed by atoms with van der Waals surface area (Å²) in [6, 6.07) is 7.16. The second kappa shape index (κ2) is 10.6. The van der Waals surface area contributed by atoms with Gasteiger partial charge in [0.15, 0.2) is 11.5 Å². The van der Waals surface area contributed by atoms with E-state index in [1.807, 2.05) is 27.7 Å². The summed E-state index contributed by atoms with van der Waals surface area (Å²) < 4.78 is 22.5. The van der Waals surface area contributed by atoms with Crippen LogP contribution in [0.1, 0.15) is 27.7 Å². The Morgan fingerprint density at radius 2 is 1.00 bits per heavy atom. The van der Waals surface area contributed by atoms with Crippen LogP contribution < -0.4 is 18.9 Å². The lowest BCUT2D eigenvalue weighted by molar-refractivity contribution is 0.152. The number of methoxy groups -OCH3 is 2. The van der Waals surface area contributed by atoms with E-state index in [4.69, 9.17) is 18.9 Å². The standard InChI is InChI=1S/C22H30N2O6/c1-7-23(8-2)21(25)29-17-15-13-11-12-14-16(15)18(20(28-6)19(17)27-5)30-22(26)24(9-3)10-4/h11-14H,7-10H2,1-6H3. The molecule has 8 heteroatoms. The molecule has 0 radical (unpaired) electrons.